The van der Waals surface area contributed by atoms with E-state index in [0.717, 1.165) is 29.6 Å². The van der Waals surface area contributed by atoms with Crippen LogP contribution in [0.4, 0.5) is 0 Å². The van der Waals surface area contributed by atoms with Crippen molar-refractivity contribution in [1.29, 1.82) is 0 Å². The van der Waals surface area contributed by atoms with Gasteiger partial charge in [0, 0.05) is 62.7 Å². The first-order valence-corrected chi connectivity index (χ1v) is 20.4. The SMILES string of the molecule is CCC(=O)[C@@]12CC(=O)[C@@H](C(C)C)CC(=O)[C@@H](C)CCC[C@@H](C)CC(=O)[C@@H]1CC(C)=C1C[C@@H](OC(C)=O)[C@@](C)(O)[C@@H]3CC[C@](C)(O)[C@@H](CC/C(C)=C/[C@H]12)O3. The van der Waals surface area contributed by atoms with Crippen LogP contribution in [0, 0.1) is 40.9 Å². The van der Waals surface area contributed by atoms with Gasteiger partial charge in [-0.15, -0.1) is 0 Å². The molecule has 0 amide bonds. The van der Waals surface area contributed by atoms with Gasteiger partial charge in [-0.25, -0.2) is 0 Å². The number of ketones is 4. The van der Waals surface area contributed by atoms with Crippen LogP contribution < -0.4 is 0 Å². The fraction of sp³-hybridized carbons (Fsp3) is 0.795. The first kappa shape index (κ1) is 43.2. The van der Waals surface area contributed by atoms with Gasteiger partial charge in [-0.05, 0) is 78.1 Å². The Morgan fingerprint density at radius 1 is 0.925 bits per heavy atom. The Hall–Kier alpha value is -2.49. The monoisotopic (exact) mass is 740 g/mol. The molecule has 1 saturated heterocycles. The third kappa shape index (κ3) is 9.32. The molecule has 4 aliphatic rings. The first-order valence-electron chi connectivity index (χ1n) is 20.4. The molecule has 53 heavy (non-hydrogen) atoms. The van der Waals surface area contributed by atoms with Gasteiger partial charge in [0.1, 0.15) is 34.8 Å². The van der Waals surface area contributed by atoms with Crippen molar-refractivity contribution in [2.24, 2.45) is 40.9 Å². The van der Waals surface area contributed by atoms with Crippen molar-refractivity contribution in [2.45, 2.75) is 182 Å². The summed E-state index contributed by atoms with van der Waals surface area (Å²) in [6.07, 6.45) is 4.25. The fourth-order valence-corrected chi connectivity index (χ4v) is 9.98. The van der Waals surface area contributed by atoms with Crippen LogP contribution in [0.3, 0.4) is 0 Å². The Balaban J connectivity index is 2.02. The summed E-state index contributed by atoms with van der Waals surface area (Å²) in [5, 5.41) is 23.7. The Morgan fingerprint density at radius 2 is 1.60 bits per heavy atom. The molecule has 2 heterocycles. The molecule has 298 valence electrons. The quantitative estimate of drug-likeness (QED) is 0.220. The van der Waals surface area contributed by atoms with E-state index in [1.54, 1.807) is 20.8 Å². The van der Waals surface area contributed by atoms with Gasteiger partial charge in [-0.3, -0.25) is 24.0 Å². The van der Waals surface area contributed by atoms with Crippen molar-refractivity contribution in [3.05, 3.63) is 22.8 Å². The van der Waals surface area contributed by atoms with Crippen molar-refractivity contribution >= 4 is 29.1 Å². The average molecular weight is 741 g/mol. The molecule has 4 rings (SSSR count). The number of fused-ring (bicyclic) bond motifs is 5. The van der Waals surface area contributed by atoms with Crippen molar-refractivity contribution in [2.75, 3.05) is 0 Å². The van der Waals surface area contributed by atoms with E-state index < -0.39 is 58.7 Å². The highest BCUT2D eigenvalue weighted by Crippen LogP contribution is 2.56. The Bertz CT molecular complexity index is 1470. The lowest BCUT2D eigenvalue weighted by Gasteiger charge is -2.51. The topological polar surface area (TPSA) is 144 Å². The lowest BCUT2D eigenvalue weighted by atomic mass is 9.51. The van der Waals surface area contributed by atoms with Crippen molar-refractivity contribution in [3.63, 3.8) is 0 Å². The Morgan fingerprint density at radius 3 is 2.23 bits per heavy atom. The standard InChI is InChI=1S/C44H68O9/c1-11-38(49)44-24-37(48)31(25(2)3)22-35(46)28(6)14-12-13-26(4)20-36(47)34(44)21-29(7)32-23-41(52-30(8)45)43(10,51)40-17-18-42(9,50)39(53-40)16-15-27(5)19-33(32)44/h19,25-26,28,31,33-34,39-41,50-51H,11-18,20-24H2,1-10H3/b27-19+/t26-,28+,31-,33-,34+,39-,40+,41-,42+,43+,44-/m1/s1. The molecule has 9 heteroatoms. The van der Waals surface area contributed by atoms with E-state index in [-0.39, 0.29) is 79.4 Å². The van der Waals surface area contributed by atoms with Crippen LogP contribution in [-0.2, 0) is 33.4 Å². The third-order valence-corrected chi connectivity index (χ3v) is 13.6. The predicted octanol–water partition coefficient (Wildman–Crippen LogP) is 7.62. The van der Waals surface area contributed by atoms with Gasteiger partial charge < -0.3 is 19.7 Å². The third-order valence-electron chi connectivity index (χ3n) is 13.6. The average Bonchev–Trinajstić information content (AvgIpc) is 3.06. The van der Waals surface area contributed by atoms with Crippen LogP contribution in [0.5, 0.6) is 0 Å². The molecule has 2 N–H and O–H groups in total. The molecule has 2 aliphatic heterocycles. The second-order valence-corrected chi connectivity index (χ2v) is 18.2. The normalized spacial score (nSPS) is 40.8. The second kappa shape index (κ2) is 17.1. The van der Waals surface area contributed by atoms with E-state index >= 15 is 0 Å². The summed E-state index contributed by atoms with van der Waals surface area (Å²) >= 11 is 0. The number of Topliss-reactive ketones (excluding diaryl/α,β-unsaturated/α-hetero) is 4. The molecule has 2 bridgehead atoms. The zero-order chi connectivity index (χ0) is 39.6. The molecule has 0 spiro atoms. The number of hydrogen-bond acceptors (Lipinski definition) is 9. The number of esters is 1. The van der Waals surface area contributed by atoms with Crippen molar-refractivity contribution < 1.29 is 43.7 Å². The molecule has 2 aliphatic carbocycles. The summed E-state index contributed by atoms with van der Waals surface area (Å²) in [6.45, 7) is 18.2. The maximum Gasteiger partial charge on any atom is 0.303 e. The highest BCUT2D eigenvalue weighted by molar-refractivity contribution is 5.99. The molecule has 11 atom stereocenters. The molecule has 0 aromatic carbocycles. The Kier molecular flexibility index (Phi) is 14.0. The van der Waals surface area contributed by atoms with E-state index in [1.165, 1.54) is 6.92 Å². The molecule has 0 aromatic rings. The highest BCUT2D eigenvalue weighted by atomic mass is 16.6. The lowest BCUT2D eigenvalue weighted by Crippen LogP contribution is -2.59. The van der Waals surface area contributed by atoms with Crippen molar-refractivity contribution in [3.8, 4) is 0 Å². The summed E-state index contributed by atoms with van der Waals surface area (Å²) in [4.78, 5) is 70.9. The van der Waals surface area contributed by atoms with E-state index in [9.17, 15) is 34.2 Å². The van der Waals surface area contributed by atoms with Gasteiger partial charge in [-0.2, -0.15) is 0 Å². The molecule has 2 fully saturated rings. The van der Waals surface area contributed by atoms with Gasteiger partial charge in [0.05, 0.1) is 23.2 Å². The summed E-state index contributed by atoms with van der Waals surface area (Å²) in [7, 11) is 0. The Labute approximate surface area is 318 Å². The number of rotatable bonds is 4. The summed E-state index contributed by atoms with van der Waals surface area (Å²) in [6, 6.07) is 0. The van der Waals surface area contributed by atoms with Crippen LogP contribution in [0.1, 0.15) is 153 Å². The van der Waals surface area contributed by atoms with Crippen LogP contribution in [0.15, 0.2) is 22.8 Å². The number of hydrogen-bond donors (Lipinski definition) is 2. The smallest absolute Gasteiger partial charge is 0.303 e. The summed E-state index contributed by atoms with van der Waals surface area (Å²) < 4.78 is 12.4. The second-order valence-electron chi connectivity index (χ2n) is 18.2. The minimum Gasteiger partial charge on any atom is -0.459 e. The molecular formula is C44H68O9. The maximum absolute atomic E-state index is 15.0. The fourth-order valence-electron chi connectivity index (χ4n) is 9.98. The number of carbonyl (C=O) groups is 5. The minimum atomic E-state index is -1.67. The maximum atomic E-state index is 15.0. The predicted molar refractivity (Wildman–Crippen MR) is 204 cm³/mol. The largest absolute Gasteiger partial charge is 0.459 e. The highest BCUT2D eigenvalue weighted by Gasteiger charge is 2.58. The lowest BCUT2D eigenvalue weighted by molar-refractivity contribution is -0.239. The number of aliphatic hydroxyl groups is 2. The molecular weight excluding hydrogens is 672 g/mol. The molecule has 9 nitrogen and oxygen atoms in total. The van der Waals surface area contributed by atoms with Gasteiger partial charge in [0.15, 0.2) is 0 Å². The van der Waals surface area contributed by atoms with E-state index in [1.807, 2.05) is 40.7 Å². The summed E-state index contributed by atoms with van der Waals surface area (Å²) in [5.74, 6) is -3.29. The number of allylic oxidation sites excluding steroid dienone is 3. The van der Waals surface area contributed by atoms with Gasteiger partial charge in [0.25, 0.3) is 0 Å². The zero-order valence-electron chi connectivity index (χ0n) is 34.2. The molecule has 0 radical (unpaired) electrons. The van der Waals surface area contributed by atoms with Gasteiger partial charge in [0.2, 0.25) is 0 Å². The molecule has 0 aromatic heterocycles. The minimum absolute atomic E-state index is 0.0209. The number of carbonyl (C=O) groups excluding carboxylic acids is 5. The zero-order valence-corrected chi connectivity index (χ0v) is 34.2. The number of ether oxygens (including phenoxy) is 2. The first-order chi connectivity index (χ1) is 24.6. The van der Waals surface area contributed by atoms with E-state index in [4.69, 9.17) is 9.47 Å². The molecule has 1 saturated carbocycles. The van der Waals surface area contributed by atoms with Crippen LogP contribution in [-0.4, -0.2) is 68.8 Å². The molecule has 0 unspecified atom stereocenters. The summed E-state index contributed by atoms with van der Waals surface area (Å²) in [5.41, 5.74) is -1.66. The van der Waals surface area contributed by atoms with E-state index in [0.29, 0.717) is 32.1 Å². The van der Waals surface area contributed by atoms with Gasteiger partial charge in [-0.1, -0.05) is 70.3 Å². The van der Waals surface area contributed by atoms with Crippen molar-refractivity contribution in [1.82, 2.24) is 0 Å². The van der Waals surface area contributed by atoms with Crippen LogP contribution in [0.25, 0.3) is 0 Å². The van der Waals surface area contributed by atoms with E-state index in [2.05, 4.69) is 6.92 Å². The van der Waals surface area contributed by atoms with Gasteiger partial charge >= 0.3 is 5.97 Å². The van der Waals surface area contributed by atoms with Crippen LogP contribution >= 0.6 is 0 Å². The van der Waals surface area contributed by atoms with Crippen LogP contribution in [0.2, 0.25) is 0 Å².